The van der Waals surface area contributed by atoms with Crippen molar-refractivity contribution in [2.24, 2.45) is 0 Å². The lowest BCUT2D eigenvalue weighted by molar-refractivity contribution is -0.120. The Labute approximate surface area is 160 Å². The quantitative estimate of drug-likeness (QED) is 0.774. The van der Waals surface area contributed by atoms with E-state index in [0.29, 0.717) is 12.0 Å². The molecule has 1 fully saturated rings. The maximum absolute atomic E-state index is 12.5. The summed E-state index contributed by atoms with van der Waals surface area (Å²) < 4.78 is 23.1. The maximum Gasteiger partial charge on any atom is 0.251 e. The number of amides is 2. The third-order valence-corrected chi connectivity index (χ3v) is 6.71. The van der Waals surface area contributed by atoms with Gasteiger partial charge in [-0.2, -0.15) is 0 Å². The monoisotopic (exact) mass is 393 g/mol. The van der Waals surface area contributed by atoms with Gasteiger partial charge in [-0.25, -0.2) is 8.42 Å². The zero-order valence-corrected chi connectivity index (χ0v) is 16.6. The molecule has 1 saturated heterocycles. The molecule has 0 aromatic heterocycles. The lowest BCUT2D eigenvalue weighted by Crippen LogP contribution is -2.44. The minimum Gasteiger partial charge on any atom is -0.362 e. The minimum absolute atomic E-state index is 0.0227. The van der Waals surface area contributed by atoms with Crippen molar-refractivity contribution in [1.82, 2.24) is 10.6 Å². The summed E-state index contributed by atoms with van der Waals surface area (Å²) in [6.45, 7) is 4.75. The summed E-state index contributed by atoms with van der Waals surface area (Å²) in [6.07, 6.45) is 2.14. The van der Waals surface area contributed by atoms with Gasteiger partial charge in [0.1, 0.15) is 0 Å². The highest BCUT2D eigenvalue weighted by molar-refractivity contribution is 7.91. The molecule has 0 radical (unpaired) electrons. The number of nitrogens with zero attached hydrogens (tertiary/aromatic N) is 1. The molecule has 27 heavy (non-hydrogen) atoms. The normalized spacial score (nSPS) is 21.0. The second-order valence-electron chi connectivity index (χ2n) is 7.62. The average molecular weight is 394 g/mol. The number of carbonyl (C=O) groups is 2. The number of carbonyl (C=O) groups excluding carboxylic acids is 2. The van der Waals surface area contributed by atoms with Crippen LogP contribution in [0.3, 0.4) is 0 Å². The zero-order chi connectivity index (χ0) is 19.6. The van der Waals surface area contributed by atoms with E-state index in [2.05, 4.69) is 10.6 Å². The number of anilines is 1. The van der Waals surface area contributed by atoms with E-state index in [4.69, 9.17) is 0 Å². The van der Waals surface area contributed by atoms with Crippen molar-refractivity contribution in [3.63, 3.8) is 0 Å². The van der Waals surface area contributed by atoms with E-state index in [-0.39, 0.29) is 41.9 Å². The smallest absolute Gasteiger partial charge is 0.251 e. The van der Waals surface area contributed by atoms with Gasteiger partial charge in [0.2, 0.25) is 5.91 Å². The molecule has 0 spiro atoms. The van der Waals surface area contributed by atoms with Crippen LogP contribution in [-0.2, 0) is 21.1 Å². The molecule has 2 amide bonds. The Balaban J connectivity index is 1.71. The van der Waals surface area contributed by atoms with Crippen molar-refractivity contribution in [2.45, 2.75) is 45.2 Å². The Kier molecular flexibility index (Phi) is 5.74. The van der Waals surface area contributed by atoms with Gasteiger partial charge in [0, 0.05) is 29.9 Å². The number of benzene rings is 1. The van der Waals surface area contributed by atoms with Crippen LogP contribution in [0.4, 0.5) is 5.69 Å². The van der Waals surface area contributed by atoms with Crippen LogP contribution in [0.1, 0.15) is 42.6 Å². The summed E-state index contributed by atoms with van der Waals surface area (Å²) in [7, 11) is -3.02. The second kappa shape index (κ2) is 7.88. The van der Waals surface area contributed by atoms with E-state index in [1.54, 1.807) is 0 Å². The first kappa shape index (κ1) is 19.7. The number of hydrogen-bond acceptors (Lipinski definition) is 5. The predicted molar refractivity (Wildman–Crippen MR) is 105 cm³/mol. The van der Waals surface area contributed by atoms with Crippen LogP contribution in [0, 0.1) is 0 Å². The fraction of sp³-hybridized carbons (Fsp3) is 0.579. The number of fused-ring (bicyclic) bond motifs is 1. The molecule has 2 N–H and O–H groups in total. The van der Waals surface area contributed by atoms with E-state index in [0.717, 1.165) is 30.6 Å². The molecular formula is C19H27N3O4S. The summed E-state index contributed by atoms with van der Waals surface area (Å²) in [4.78, 5) is 26.9. The van der Waals surface area contributed by atoms with Gasteiger partial charge in [-0.3, -0.25) is 9.59 Å². The van der Waals surface area contributed by atoms with Gasteiger partial charge in [-0.1, -0.05) is 6.07 Å². The molecule has 2 heterocycles. The standard InChI is InChI=1S/C19H27N3O4S/c1-13(2)20-19(24)16-5-3-7-17-15(16)6-4-9-22(17)11-18(23)21-14-8-10-27(25,26)12-14/h3,5,7,13-14H,4,6,8-12H2,1-2H3,(H,20,24)(H,21,23). The van der Waals surface area contributed by atoms with Crippen LogP contribution in [0.15, 0.2) is 18.2 Å². The highest BCUT2D eigenvalue weighted by Gasteiger charge is 2.30. The first-order valence-corrected chi connectivity index (χ1v) is 11.2. The molecule has 0 saturated carbocycles. The number of rotatable bonds is 5. The average Bonchev–Trinajstić information content (AvgIpc) is 2.92. The SMILES string of the molecule is CC(C)NC(=O)c1cccc2c1CCCN2CC(=O)NC1CCS(=O)(=O)C1. The van der Waals surface area contributed by atoms with Gasteiger partial charge in [-0.05, 0) is 50.8 Å². The summed E-state index contributed by atoms with van der Waals surface area (Å²) in [5.74, 6) is -0.112. The third kappa shape index (κ3) is 4.80. The maximum atomic E-state index is 12.5. The molecule has 2 aliphatic rings. The lowest BCUT2D eigenvalue weighted by atomic mass is 9.95. The highest BCUT2D eigenvalue weighted by Crippen LogP contribution is 2.30. The molecule has 0 bridgehead atoms. The van der Waals surface area contributed by atoms with Crippen LogP contribution < -0.4 is 15.5 Å². The minimum atomic E-state index is -3.02. The summed E-state index contributed by atoms with van der Waals surface area (Å²) in [5, 5.41) is 5.76. The van der Waals surface area contributed by atoms with Gasteiger partial charge in [0.15, 0.2) is 9.84 Å². The lowest BCUT2D eigenvalue weighted by Gasteiger charge is -2.32. The Hall–Kier alpha value is -2.09. The number of hydrogen-bond donors (Lipinski definition) is 2. The van der Waals surface area contributed by atoms with Crippen molar-refractivity contribution in [1.29, 1.82) is 0 Å². The topological polar surface area (TPSA) is 95.6 Å². The van der Waals surface area contributed by atoms with Gasteiger partial charge >= 0.3 is 0 Å². The van der Waals surface area contributed by atoms with Crippen LogP contribution in [0.25, 0.3) is 0 Å². The number of nitrogens with one attached hydrogen (secondary N) is 2. The van der Waals surface area contributed by atoms with Crippen molar-refractivity contribution in [3.8, 4) is 0 Å². The van der Waals surface area contributed by atoms with Crippen LogP contribution in [0.5, 0.6) is 0 Å². The zero-order valence-electron chi connectivity index (χ0n) is 15.8. The third-order valence-electron chi connectivity index (χ3n) is 4.94. The van der Waals surface area contributed by atoms with Gasteiger partial charge in [0.25, 0.3) is 5.91 Å². The van der Waals surface area contributed by atoms with Crippen LogP contribution in [-0.4, -0.2) is 56.9 Å². The van der Waals surface area contributed by atoms with Crippen LogP contribution in [0.2, 0.25) is 0 Å². The molecule has 7 nitrogen and oxygen atoms in total. The first-order valence-electron chi connectivity index (χ1n) is 9.42. The Bertz CT molecular complexity index is 835. The number of sulfone groups is 1. The van der Waals surface area contributed by atoms with E-state index in [1.165, 1.54) is 0 Å². The van der Waals surface area contributed by atoms with Crippen molar-refractivity contribution < 1.29 is 18.0 Å². The molecule has 1 aromatic rings. The summed E-state index contributed by atoms with van der Waals surface area (Å²) in [5.41, 5.74) is 2.54. The molecule has 1 aromatic carbocycles. The molecule has 1 atom stereocenters. The molecular weight excluding hydrogens is 366 g/mol. The fourth-order valence-corrected chi connectivity index (χ4v) is 5.45. The highest BCUT2D eigenvalue weighted by atomic mass is 32.2. The Morgan fingerprint density at radius 3 is 2.74 bits per heavy atom. The van der Waals surface area contributed by atoms with E-state index in [9.17, 15) is 18.0 Å². The predicted octanol–water partition coefficient (Wildman–Crippen LogP) is 0.881. The van der Waals surface area contributed by atoms with Crippen molar-refractivity contribution in [2.75, 3.05) is 29.5 Å². The summed E-state index contributed by atoms with van der Waals surface area (Å²) in [6, 6.07) is 5.36. The van der Waals surface area contributed by atoms with E-state index in [1.807, 2.05) is 36.9 Å². The first-order chi connectivity index (χ1) is 12.7. The largest absolute Gasteiger partial charge is 0.362 e. The van der Waals surface area contributed by atoms with E-state index < -0.39 is 9.84 Å². The molecule has 2 aliphatic heterocycles. The molecule has 1 unspecified atom stereocenters. The Morgan fingerprint density at radius 2 is 2.07 bits per heavy atom. The van der Waals surface area contributed by atoms with Crippen molar-refractivity contribution >= 4 is 27.3 Å². The molecule has 8 heteroatoms. The molecule has 148 valence electrons. The van der Waals surface area contributed by atoms with Crippen LogP contribution >= 0.6 is 0 Å². The fourth-order valence-electron chi connectivity index (χ4n) is 3.77. The molecule has 3 rings (SSSR count). The second-order valence-corrected chi connectivity index (χ2v) is 9.85. The Morgan fingerprint density at radius 1 is 1.30 bits per heavy atom. The summed E-state index contributed by atoms with van der Waals surface area (Å²) >= 11 is 0. The van der Waals surface area contributed by atoms with E-state index >= 15 is 0 Å². The molecule has 0 aliphatic carbocycles. The van der Waals surface area contributed by atoms with Gasteiger partial charge in [0.05, 0.1) is 18.1 Å². The van der Waals surface area contributed by atoms with Gasteiger partial charge in [-0.15, -0.1) is 0 Å². The van der Waals surface area contributed by atoms with Gasteiger partial charge < -0.3 is 15.5 Å². The van der Waals surface area contributed by atoms with Crippen molar-refractivity contribution in [3.05, 3.63) is 29.3 Å².